The number of nitrogens with two attached hydrogens (primary N) is 1. The van der Waals surface area contributed by atoms with Gasteiger partial charge in [0.15, 0.2) is 0 Å². The number of ether oxygens (including phenoxy) is 1. The van der Waals surface area contributed by atoms with E-state index in [1.54, 1.807) is 0 Å². The summed E-state index contributed by atoms with van der Waals surface area (Å²) in [6.07, 6.45) is 0. The molecule has 76 valence electrons. The fourth-order valence-corrected chi connectivity index (χ4v) is 2.12. The molecule has 1 fully saturated rings. The fourth-order valence-electron chi connectivity index (χ4n) is 1.36. The van der Waals surface area contributed by atoms with E-state index in [1.807, 2.05) is 36.0 Å². The molecule has 1 aromatic carbocycles. The molecular formula is C11H15NOS. The van der Waals surface area contributed by atoms with E-state index in [0.717, 1.165) is 23.8 Å². The molecule has 2 nitrogen and oxygen atoms in total. The molecule has 0 aliphatic carbocycles. The van der Waals surface area contributed by atoms with Gasteiger partial charge in [-0.3, -0.25) is 0 Å². The summed E-state index contributed by atoms with van der Waals surface area (Å²) in [7, 11) is 0. The van der Waals surface area contributed by atoms with Crippen molar-refractivity contribution in [1.29, 1.82) is 0 Å². The average Bonchev–Trinajstić information content (AvgIpc) is 2.16. The van der Waals surface area contributed by atoms with E-state index in [0.29, 0.717) is 6.54 Å². The Balaban J connectivity index is 1.87. The third-order valence-electron chi connectivity index (χ3n) is 2.33. The SMILES string of the molecule is NCc1cccc(OCC2CSC2)c1. The van der Waals surface area contributed by atoms with E-state index >= 15 is 0 Å². The summed E-state index contributed by atoms with van der Waals surface area (Å²) in [5, 5.41) is 0. The molecule has 14 heavy (non-hydrogen) atoms. The third kappa shape index (κ3) is 2.42. The highest BCUT2D eigenvalue weighted by Gasteiger charge is 2.18. The van der Waals surface area contributed by atoms with Crippen LogP contribution in [0, 0.1) is 5.92 Å². The second-order valence-electron chi connectivity index (χ2n) is 3.57. The number of hydrogen-bond acceptors (Lipinski definition) is 3. The molecule has 1 aliphatic heterocycles. The average molecular weight is 209 g/mol. The Kier molecular flexibility index (Phi) is 3.32. The molecule has 1 saturated heterocycles. The van der Waals surface area contributed by atoms with E-state index in [2.05, 4.69) is 0 Å². The normalized spacial score (nSPS) is 16.4. The molecule has 0 unspecified atom stereocenters. The predicted octanol–water partition coefficient (Wildman–Crippen LogP) is 1.89. The highest BCUT2D eigenvalue weighted by Crippen LogP contribution is 2.25. The van der Waals surface area contributed by atoms with Crippen LogP contribution in [0.15, 0.2) is 24.3 Å². The lowest BCUT2D eigenvalue weighted by Gasteiger charge is -2.24. The van der Waals surface area contributed by atoms with Crippen LogP contribution < -0.4 is 10.5 Å². The van der Waals surface area contributed by atoms with E-state index in [-0.39, 0.29) is 0 Å². The second-order valence-corrected chi connectivity index (χ2v) is 4.64. The van der Waals surface area contributed by atoms with Gasteiger partial charge in [-0.05, 0) is 17.7 Å². The van der Waals surface area contributed by atoms with E-state index in [1.165, 1.54) is 11.5 Å². The van der Waals surface area contributed by atoms with Gasteiger partial charge in [-0.2, -0.15) is 11.8 Å². The first-order chi connectivity index (χ1) is 6.88. The van der Waals surface area contributed by atoms with Crippen LogP contribution >= 0.6 is 11.8 Å². The zero-order valence-electron chi connectivity index (χ0n) is 8.11. The summed E-state index contributed by atoms with van der Waals surface area (Å²) in [6.45, 7) is 1.43. The Hall–Kier alpha value is -0.670. The molecule has 2 rings (SSSR count). The van der Waals surface area contributed by atoms with Crippen LogP contribution in [-0.2, 0) is 6.54 Å². The van der Waals surface area contributed by atoms with Crippen molar-refractivity contribution in [2.24, 2.45) is 11.7 Å². The first-order valence-corrected chi connectivity index (χ1v) is 6.03. The van der Waals surface area contributed by atoms with Gasteiger partial charge in [-0.15, -0.1) is 0 Å². The smallest absolute Gasteiger partial charge is 0.119 e. The van der Waals surface area contributed by atoms with Crippen LogP contribution in [0.25, 0.3) is 0 Å². The van der Waals surface area contributed by atoms with Crippen LogP contribution in [-0.4, -0.2) is 18.1 Å². The minimum absolute atomic E-state index is 0.580. The van der Waals surface area contributed by atoms with Crippen LogP contribution in [0.4, 0.5) is 0 Å². The van der Waals surface area contributed by atoms with Gasteiger partial charge in [0, 0.05) is 24.0 Å². The Morgan fingerprint density at radius 3 is 2.93 bits per heavy atom. The quantitative estimate of drug-likeness (QED) is 0.822. The van der Waals surface area contributed by atoms with Gasteiger partial charge in [0.25, 0.3) is 0 Å². The van der Waals surface area contributed by atoms with Gasteiger partial charge < -0.3 is 10.5 Å². The summed E-state index contributed by atoms with van der Waals surface area (Å²) >= 11 is 1.99. The minimum atomic E-state index is 0.580. The third-order valence-corrected chi connectivity index (χ3v) is 3.74. The number of hydrogen-bond donors (Lipinski definition) is 1. The van der Waals surface area contributed by atoms with Crippen molar-refractivity contribution >= 4 is 11.8 Å². The molecule has 3 heteroatoms. The molecule has 1 aliphatic rings. The Morgan fingerprint density at radius 1 is 1.43 bits per heavy atom. The van der Waals surface area contributed by atoms with Gasteiger partial charge >= 0.3 is 0 Å². The van der Waals surface area contributed by atoms with E-state index < -0.39 is 0 Å². The van der Waals surface area contributed by atoms with Crippen molar-refractivity contribution in [3.8, 4) is 5.75 Å². The highest BCUT2D eigenvalue weighted by atomic mass is 32.2. The van der Waals surface area contributed by atoms with Crippen LogP contribution in [0.2, 0.25) is 0 Å². The fraction of sp³-hybridized carbons (Fsp3) is 0.455. The van der Waals surface area contributed by atoms with Crippen molar-refractivity contribution in [2.75, 3.05) is 18.1 Å². The molecule has 0 amide bonds. The Labute approximate surface area is 88.8 Å². The molecule has 0 spiro atoms. The minimum Gasteiger partial charge on any atom is -0.493 e. The molecule has 1 heterocycles. The number of rotatable bonds is 4. The molecule has 2 N–H and O–H groups in total. The first-order valence-electron chi connectivity index (χ1n) is 4.88. The number of thioether (sulfide) groups is 1. The molecule has 0 saturated carbocycles. The van der Waals surface area contributed by atoms with Crippen LogP contribution in [0.5, 0.6) is 5.75 Å². The maximum Gasteiger partial charge on any atom is 0.119 e. The highest BCUT2D eigenvalue weighted by molar-refractivity contribution is 8.00. The van der Waals surface area contributed by atoms with Gasteiger partial charge in [0.2, 0.25) is 0 Å². The van der Waals surface area contributed by atoms with Gasteiger partial charge in [0.1, 0.15) is 5.75 Å². The van der Waals surface area contributed by atoms with Crippen molar-refractivity contribution < 1.29 is 4.74 Å². The van der Waals surface area contributed by atoms with E-state index in [4.69, 9.17) is 10.5 Å². The topological polar surface area (TPSA) is 35.2 Å². The maximum absolute atomic E-state index is 5.68. The molecule has 1 aromatic rings. The van der Waals surface area contributed by atoms with Crippen molar-refractivity contribution in [3.05, 3.63) is 29.8 Å². The summed E-state index contributed by atoms with van der Waals surface area (Å²) in [6, 6.07) is 8.02. The largest absolute Gasteiger partial charge is 0.493 e. The summed E-state index contributed by atoms with van der Waals surface area (Å²) in [5.41, 5.74) is 6.68. The Morgan fingerprint density at radius 2 is 2.29 bits per heavy atom. The summed E-state index contributed by atoms with van der Waals surface area (Å²) in [5.74, 6) is 4.19. The second kappa shape index (κ2) is 4.71. The predicted molar refractivity (Wildman–Crippen MR) is 60.6 cm³/mol. The molecular weight excluding hydrogens is 194 g/mol. The van der Waals surface area contributed by atoms with Crippen molar-refractivity contribution in [2.45, 2.75) is 6.54 Å². The zero-order chi connectivity index (χ0) is 9.80. The Bertz CT molecular complexity index is 299. The standard InChI is InChI=1S/C11H15NOS/c12-5-9-2-1-3-11(4-9)13-6-10-7-14-8-10/h1-4,10H,5-8,12H2. The lowest BCUT2D eigenvalue weighted by Crippen LogP contribution is -2.25. The summed E-state index contributed by atoms with van der Waals surface area (Å²) in [4.78, 5) is 0. The molecule has 0 bridgehead atoms. The molecule has 0 atom stereocenters. The van der Waals surface area contributed by atoms with Crippen LogP contribution in [0.3, 0.4) is 0 Å². The lowest BCUT2D eigenvalue weighted by molar-refractivity contribution is 0.269. The lowest BCUT2D eigenvalue weighted by atomic mass is 10.2. The molecule has 0 radical (unpaired) electrons. The number of benzene rings is 1. The van der Waals surface area contributed by atoms with Crippen molar-refractivity contribution in [1.82, 2.24) is 0 Å². The molecule has 0 aromatic heterocycles. The van der Waals surface area contributed by atoms with Gasteiger partial charge in [0.05, 0.1) is 6.61 Å². The van der Waals surface area contributed by atoms with E-state index in [9.17, 15) is 0 Å². The first kappa shape index (κ1) is 9.87. The summed E-state index contributed by atoms with van der Waals surface area (Å²) < 4.78 is 5.68. The van der Waals surface area contributed by atoms with Gasteiger partial charge in [-0.1, -0.05) is 12.1 Å². The van der Waals surface area contributed by atoms with Crippen molar-refractivity contribution in [3.63, 3.8) is 0 Å². The maximum atomic E-state index is 5.68. The zero-order valence-corrected chi connectivity index (χ0v) is 8.93. The van der Waals surface area contributed by atoms with Crippen LogP contribution in [0.1, 0.15) is 5.56 Å². The van der Waals surface area contributed by atoms with Gasteiger partial charge in [-0.25, -0.2) is 0 Å². The monoisotopic (exact) mass is 209 g/mol.